The van der Waals surface area contributed by atoms with Crippen LogP contribution < -0.4 is 5.32 Å². The predicted octanol–water partition coefficient (Wildman–Crippen LogP) is 20.1. The van der Waals surface area contributed by atoms with Crippen LogP contribution in [0.2, 0.25) is 0 Å². The number of unbranched alkanes of at least 4 members (excludes halogenated alkanes) is 50. The standard InChI is InChI=1S/C77H145NO10/c1-3-5-7-9-11-13-14-15-16-39-42-45-49-53-57-61-65-73(82)86-66-62-58-54-50-46-43-40-37-35-33-31-29-27-25-23-21-19-17-18-20-22-24-26-28-30-32-34-36-38-41-44-48-52-56-60-64-72(81)78-69(70(80)63-59-55-51-47-12-10-8-6-4-2)68-87-77-76(85)75(84)74(83)71(67-79)88-77/h13-14,16,39,59,63,69-71,74-77,79-80,83-85H,3-12,15,17-38,40-58,60-62,64-68H2,1-2H3,(H,78,81)/b14-13-,39-16-,63-59+. The first-order valence-corrected chi connectivity index (χ1v) is 38.3. The van der Waals surface area contributed by atoms with E-state index in [2.05, 4.69) is 43.5 Å². The Morgan fingerprint density at radius 2 is 0.761 bits per heavy atom. The third-order valence-electron chi connectivity index (χ3n) is 18.2. The normalized spacial score (nSPS) is 17.9. The molecule has 1 fully saturated rings. The summed E-state index contributed by atoms with van der Waals surface area (Å²) in [6.07, 6.45) is 76.1. The van der Waals surface area contributed by atoms with Crippen molar-refractivity contribution in [1.29, 1.82) is 0 Å². The van der Waals surface area contributed by atoms with Gasteiger partial charge in [0.1, 0.15) is 24.4 Å². The van der Waals surface area contributed by atoms with Crippen molar-refractivity contribution >= 4 is 11.9 Å². The van der Waals surface area contributed by atoms with Gasteiger partial charge in [-0.15, -0.1) is 0 Å². The monoisotopic (exact) mass is 1240 g/mol. The molecule has 0 aliphatic carbocycles. The largest absolute Gasteiger partial charge is 0.466 e. The molecule has 0 spiro atoms. The van der Waals surface area contributed by atoms with Gasteiger partial charge in [-0.3, -0.25) is 9.59 Å². The number of nitrogens with one attached hydrogen (secondary N) is 1. The minimum Gasteiger partial charge on any atom is -0.466 e. The van der Waals surface area contributed by atoms with Gasteiger partial charge < -0.3 is 45.1 Å². The van der Waals surface area contributed by atoms with E-state index in [1.165, 1.54) is 289 Å². The number of carbonyl (C=O) groups is 2. The molecule has 0 aromatic rings. The zero-order chi connectivity index (χ0) is 63.7. The van der Waals surface area contributed by atoms with Crippen molar-refractivity contribution in [3.63, 3.8) is 0 Å². The summed E-state index contributed by atoms with van der Waals surface area (Å²) in [7, 11) is 0. The van der Waals surface area contributed by atoms with Gasteiger partial charge in [0.2, 0.25) is 5.91 Å². The molecule has 0 radical (unpaired) electrons. The van der Waals surface area contributed by atoms with Gasteiger partial charge in [-0.25, -0.2) is 0 Å². The molecule has 0 saturated carbocycles. The lowest BCUT2D eigenvalue weighted by Gasteiger charge is -2.40. The van der Waals surface area contributed by atoms with Gasteiger partial charge in [-0.1, -0.05) is 339 Å². The van der Waals surface area contributed by atoms with E-state index in [4.69, 9.17) is 14.2 Å². The van der Waals surface area contributed by atoms with Crippen molar-refractivity contribution in [2.75, 3.05) is 19.8 Å². The molecule has 1 amide bonds. The fraction of sp³-hybridized carbons (Fsp3) is 0.896. The zero-order valence-corrected chi connectivity index (χ0v) is 57.7. The Morgan fingerprint density at radius 3 is 1.16 bits per heavy atom. The molecule has 1 rings (SSSR count). The molecule has 11 nitrogen and oxygen atoms in total. The van der Waals surface area contributed by atoms with E-state index in [1.54, 1.807) is 6.08 Å². The Hall–Kier alpha value is -2.12. The highest BCUT2D eigenvalue weighted by molar-refractivity contribution is 5.76. The highest BCUT2D eigenvalue weighted by Gasteiger charge is 2.44. The van der Waals surface area contributed by atoms with Crippen LogP contribution in [0.4, 0.5) is 0 Å². The van der Waals surface area contributed by atoms with Gasteiger partial charge in [-0.2, -0.15) is 0 Å². The molecule has 7 unspecified atom stereocenters. The molecular formula is C77H145NO10. The summed E-state index contributed by atoms with van der Waals surface area (Å²) in [6, 6.07) is -0.804. The second kappa shape index (κ2) is 66.3. The lowest BCUT2D eigenvalue weighted by atomic mass is 9.99. The molecule has 88 heavy (non-hydrogen) atoms. The van der Waals surface area contributed by atoms with Gasteiger partial charge in [-0.05, 0) is 64.2 Å². The maximum absolute atomic E-state index is 13.0. The molecule has 0 aromatic carbocycles. The summed E-state index contributed by atoms with van der Waals surface area (Å²) in [4.78, 5) is 25.1. The number of aliphatic hydroxyl groups excluding tert-OH is 5. The predicted molar refractivity (Wildman–Crippen MR) is 371 cm³/mol. The minimum atomic E-state index is -1.57. The number of allylic oxidation sites excluding steroid dienone is 5. The minimum absolute atomic E-state index is 0.00278. The maximum Gasteiger partial charge on any atom is 0.305 e. The third-order valence-corrected chi connectivity index (χ3v) is 18.2. The van der Waals surface area contributed by atoms with Gasteiger partial charge in [0.15, 0.2) is 6.29 Å². The first kappa shape index (κ1) is 83.9. The summed E-state index contributed by atoms with van der Waals surface area (Å²) in [5, 5.41) is 54.3. The van der Waals surface area contributed by atoms with E-state index in [0.29, 0.717) is 19.4 Å². The van der Waals surface area contributed by atoms with Crippen LogP contribution in [0.1, 0.15) is 380 Å². The van der Waals surface area contributed by atoms with Crippen LogP contribution >= 0.6 is 0 Å². The summed E-state index contributed by atoms with van der Waals surface area (Å²) < 4.78 is 16.7. The van der Waals surface area contributed by atoms with Crippen LogP contribution in [0, 0.1) is 0 Å². The molecule has 0 aromatic heterocycles. The van der Waals surface area contributed by atoms with Crippen LogP contribution in [0.5, 0.6) is 0 Å². The molecule has 1 aliphatic rings. The highest BCUT2D eigenvalue weighted by atomic mass is 16.7. The highest BCUT2D eigenvalue weighted by Crippen LogP contribution is 2.24. The van der Waals surface area contributed by atoms with Crippen LogP contribution in [0.15, 0.2) is 36.5 Å². The Balaban J connectivity index is 1.85. The molecule has 1 heterocycles. The summed E-state index contributed by atoms with van der Waals surface area (Å²) >= 11 is 0. The second-order valence-electron chi connectivity index (χ2n) is 26.7. The average Bonchev–Trinajstić information content (AvgIpc) is 3.40. The Morgan fingerprint density at radius 1 is 0.420 bits per heavy atom. The van der Waals surface area contributed by atoms with E-state index in [1.807, 2.05) is 6.08 Å². The van der Waals surface area contributed by atoms with Crippen molar-refractivity contribution in [3.8, 4) is 0 Å². The number of esters is 1. The van der Waals surface area contributed by atoms with Crippen molar-refractivity contribution < 1.29 is 49.3 Å². The Labute approximate surface area is 543 Å². The van der Waals surface area contributed by atoms with Crippen molar-refractivity contribution in [1.82, 2.24) is 5.32 Å². The average molecular weight is 1250 g/mol. The molecular weight excluding hydrogens is 1100 g/mol. The van der Waals surface area contributed by atoms with Crippen molar-refractivity contribution in [2.24, 2.45) is 0 Å². The number of carbonyl (C=O) groups excluding carboxylic acids is 2. The van der Waals surface area contributed by atoms with E-state index in [-0.39, 0.29) is 18.5 Å². The zero-order valence-electron chi connectivity index (χ0n) is 57.7. The number of hydrogen-bond donors (Lipinski definition) is 6. The van der Waals surface area contributed by atoms with Gasteiger partial charge in [0, 0.05) is 12.8 Å². The first-order chi connectivity index (χ1) is 43.2. The number of rotatable bonds is 68. The molecule has 11 heteroatoms. The van der Waals surface area contributed by atoms with Crippen LogP contribution in [-0.4, -0.2) is 100 Å². The number of ether oxygens (including phenoxy) is 3. The lowest BCUT2D eigenvalue weighted by Crippen LogP contribution is -2.60. The van der Waals surface area contributed by atoms with Crippen LogP contribution in [0.3, 0.4) is 0 Å². The Bertz CT molecular complexity index is 1560. The van der Waals surface area contributed by atoms with E-state index in [9.17, 15) is 35.1 Å². The molecule has 1 saturated heterocycles. The second-order valence-corrected chi connectivity index (χ2v) is 26.7. The van der Waals surface area contributed by atoms with Crippen molar-refractivity contribution in [3.05, 3.63) is 36.5 Å². The fourth-order valence-electron chi connectivity index (χ4n) is 12.2. The van der Waals surface area contributed by atoms with Gasteiger partial charge in [0.25, 0.3) is 0 Å². The fourth-order valence-corrected chi connectivity index (χ4v) is 12.2. The lowest BCUT2D eigenvalue weighted by molar-refractivity contribution is -0.302. The topological polar surface area (TPSA) is 175 Å². The van der Waals surface area contributed by atoms with Crippen LogP contribution in [0.25, 0.3) is 0 Å². The Kier molecular flexibility index (Phi) is 63.2. The summed E-state index contributed by atoms with van der Waals surface area (Å²) in [5.74, 6) is -0.174. The molecule has 7 atom stereocenters. The number of hydrogen-bond acceptors (Lipinski definition) is 10. The smallest absolute Gasteiger partial charge is 0.305 e. The molecule has 6 N–H and O–H groups in total. The van der Waals surface area contributed by atoms with Gasteiger partial charge in [0.05, 0.1) is 32.0 Å². The summed E-state index contributed by atoms with van der Waals surface area (Å²) in [5.41, 5.74) is 0. The van der Waals surface area contributed by atoms with Crippen molar-refractivity contribution in [2.45, 2.75) is 423 Å². The molecule has 1 aliphatic heterocycles. The van der Waals surface area contributed by atoms with E-state index in [0.717, 1.165) is 64.2 Å². The number of aliphatic hydroxyl groups is 5. The van der Waals surface area contributed by atoms with Gasteiger partial charge >= 0.3 is 5.97 Å². The van der Waals surface area contributed by atoms with E-state index < -0.39 is 49.5 Å². The van der Waals surface area contributed by atoms with Crippen LogP contribution in [-0.2, 0) is 23.8 Å². The molecule has 0 bridgehead atoms. The quantitative estimate of drug-likeness (QED) is 0.0195. The third kappa shape index (κ3) is 54.4. The molecule has 518 valence electrons. The summed E-state index contributed by atoms with van der Waals surface area (Å²) in [6.45, 7) is 4.33. The van der Waals surface area contributed by atoms with E-state index >= 15 is 0 Å². The number of amides is 1. The first-order valence-electron chi connectivity index (χ1n) is 38.3. The SMILES string of the molecule is CCCCCC/C=C\C/C=C\CCCCCCCC(=O)OCCCCCCCCCCCCCCCCCCCCCCCCCCCCCCCCCCCCCC(=O)NC(COC1OC(CO)C(O)C(O)C1O)C(O)/C=C/CCCCCCCCC. The maximum atomic E-state index is 13.0.